The maximum Gasteiger partial charge on any atom is 0.315 e. The molecular weight excluding hydrogens is 328 g/mol. The lowest BCUT2D eigenvalue weighted by Crippen LogP contribution is -3.28. The van der Waals surface area contributed by atoms with Crippen LogP contribution in [0.5, 0.6) is 0 Å². The van der Waals surface area contributed by atoms with Crippen molar-refractivity contribution in [2.24, 2.45) is 23.2 Å². The second-order valence-electron chi connectivity index (χ2n) is 9.36. The molecule has 0 amide bonds. The number of carbonyl (C=O) groups excluding carboxylic acids is 1. The Bertz CT molecular complexity index is 584. The highest BCUT2D eigenvalue weighted by molar-refractivity contribution is 5.76. The minimum atomic E-state index is -0.471. The van der Waals surface area contributed by atoms with Crippen LogP contribution in [0.1, 0.15) is 40.0 Å². The normalized spacial score (nSPS) is 48.4. The molecule has 0 spiro atoms. The Kier molecular flexibility index (Phi) is 4.91. The second kappa shape index (κ2) is 6.92. The van der Waals surface area contributed by atoms with Gasteiger partial charge in [0.15, 0.2) is 0 Å². The molecular formula is C21H36N2O3+2. The van der Waals surface area contributed by atoms with Gasteiger partial charge in [-0.2, -0.15) is 0 Å². The van der Waals surface area contributed by atoms with E-state index in [1.165, 1.54) is 30.1 Å². The molecule has 2 aliphatic heterocycles. The van der Waals surface area contributed by atoms with Gasteiger partial charge in [-0.3, -0.25) is 4.79 Å². The maximum atomic E-state index is 12.7. The lowest BCUT2D eigenvalue weighted by molar-refractivity contribution is -1.01. The molecule has 2 heterocycles. The highest BCUT2D eigenvalue weighted by atomic mass is 16.6. The summed E-state index contributed by atoms with van der Waals surface area (Å²) in [6.07, 6.45) is 4.75. The lowest BCUT2D eigenvalue weighted by atomic mass is 9.55. The molecule has 2 saturated heterocycles. The summed E-state index contributed by atoms with van der Waals surface area (Å²) in [5.41, 5.74) is 1.14. The van der Waals surface area contributed by atoms with Crippen LogP contribution < -0.4 is 9.80 Å². The predicted molar refractivity (Wildman–Crippen MR) is 98.9 cm³/mol. The van der Waals surface area contributed by atoms with Crippen molar-refractivity contribution < 1.29 is 24.4 Å². The Hall–Kier alpha value is -0.910. The average molecular weight is 365 g/mol. The van der Waals surface area contributed by atoms with E-state index in [4.69, 9.17) is 4.74 Å². The van der Waals surface area contributed by atoms with E-state index in [9.17, 15) is 9.90 Å². The molecule has 0 radical (unpaired) electrons. The summed E-state index contributed by atoms with van der Waals surface area (Å²) in [4.78, 5) is 15.9. The topological polar surface area (TPSA) is 55.4 Å². The van der Waals surface area contributed by atoms with E-state index in [-0.39, 0.29) is 29.3 Å². The summed E-state index contributed by atoms with van der Waals surface area (Å²) in [7, 11) is 0. The molecule has 3 fully saturated rings. The van der Waals surface area contributed by atoms with Crippen molar-refractivity contribution >= 4 is 5.97 Å². The number of esters is 1. The molecule has 5 heteroatoms. The summed E-state index contributed by atoms with van der Waals surface area (Å²) in [6, 6.07) is 0. The fraction of sp³-hybridized carbons (Fsp3) is 0.857. The van der Waals surface area contributed by atoms with Crippen LogP contribution in [0.4, 0.5) is 0 Å². The molecule has 2 aliphatic carbocycles. The smallest absolute Gasteiger partial charge is 0.315 e. The van der Waals surface area contributed by atoms with Crippen LogP contribution in [-0.4, -0.2) is 62.6 Å². The molecule has 4 rings (SSSR count). The fourth-order valence-electron chi connectivity index (χ4n) is 6.12. The Morgan fingerprint density at radius 3 is 2.65 bits per heavy atom. The van der Waals surface area contributed by atoms with Gasteiger partial charge in [0.1, 0.15) is 38.2 Å². The standard InChI is InChI=1S/C21H34N2O3/c1-4-22-8-10-23(11-9-22)13-16-18-17(26-20(16)25)12-15-7-5-6-14(2)21(15,3)19(18)24/h7,14,16-19,24H,4-6,8-13H2,1-3H3/p+2/t14-,16+,17+,18-,19-,21+/m1/s1. The van der Waals surface area contributed by atoms with Gasteiger partial charge in [-0.25, -0.2) is 0 Å². The number of nitrogens with one attached hydrogen (secondary N) is 2. The zero-order chi connectivity index (χ0) is 18.5. The van der Waals surface area contributed by atoms with Crippen LogP contribution in [0, 0.1) is 23.2 Å². The molecule has 5 nitrogen and oxygen atoms in total. The quantitative estimate of drug-likeness (QED) is 0.448. The minimum Gasteiger partial charge on any atom is -0.461 e. The molecule has 1 saturated carbocycles. The zero-order valence-corrected chi connectivity index (χ0v) is 16.6. The molecule has 6 atom stereocenters. The van der Waals surface area contributed by atoms with E-state index in [1.54, 1.807) is 4.90 Å². The second-order valence-corrected chi connectivity index (χ2v) is 9.36. The van der Waals surface area contributed by atoms with Crippen molar-refractivity contribution in [2.75, 3.05) is 39.3 Å². The monoisotopic (exact) mass is 364 g/mol. The minimum absolute atomic E-state index is 0.0331. The van der Waals surface area contributed by atoms with Crippen molar-refractivity contribution in [1.29, 1.82) is 0 Å². The van der Waals surface area contributed by atoms with Crippen molar-refractivity contribution in [1.82, 2.24) is 0 Å². The van der Waals surface area contributed by atoms with Crippen molar-refractivity contribution in [3.05, 3.63) is 11.6 Å². The van der Waals surface area contributed by atoms with Gasteiger partial charge in [0.05, 0.1) is 19.2 Å². The average Bonchev–Trinajstić information content (AvgIpc) is 2.94. The van der Waals surface area contributed by atoms with Gasteiger partial charge >= 0.3 is 5.97 Å². The highest BCUT2D eigenvalue weighted by Gasteiger charge is 2.60. The van der Waals surface area contributed by atoms with Crippen molar-refractivity contribution in [3.8, 4) is 0 Å². The van der Waals surface area contributed by atoms with Crippen LogP contribution in [0.15, 0.2) is 11.6 Å². The number of aliphatic hydroxyl groups excluding tert-OH is 1. The third kappa shape index (κ3) is 2.83. The first-order valence-corrected chi connectivity index (χ1v) is 10.7. The lowest BCUT2D eigenvalue weighted by Gasteiger charge is -2.51. The number of ether oxygens (including phenoxy) is 1. The summed E-state index contributed by atoms with van der Waals surface area (Å²) in [5, 5.41) is 11.4. The van der Waals surface area contributed by atoms with Gasteiger partial charge in [0.25, 0.3) is 0 Å². The summed E-state index contributed by atoms with van der Waals surface area (Å²) < 4.78 is 5.80. The number of piperazine rings is 1. The Balaban J connectivity index is 1.52. The number of rotatable bonds is 3. The number of carbonyl (C=O) groups is 1. The van der Waals surface area contributed by atoms with Crippen LogP contribution in [-0.2, 0) is 9.53 Å². The maximum absolute atomic E-state index is 12.7. The summed E-state index contributed by atoms with van der Waals surface area (Å²) >= 11 is 0. The van der Waals surface area contributed by atoms with E-state index in [2.05, 4.69) is 26.8 Å². The van der Waals surface area contributed by atoms with Gasteiger partial charge in [-0.1, -0.05) is 25.5 Å². The third-order valence-corrected chi connectivity index (χ3v) is 8.24. The predicted octanol–water partition coefficient (Wildman–Crippen LogP) is -0.925. The molecule has 3 N–H and O–H groups in total. The molecule has 0 aromatic heterocycles. The number of hydrogen-bond acceptors (Lipinski definition) is 3. The van der Waals surface area contributed by atoms with Gasteiger partial charge < -0.3 is 19.6 Å². The van der Waals surface area contributed by atoms with Gasteiger partial charge in [-0.05, 0) is 25.7 Å². The van der Waals surface area contributed by atoms with E-state index < -0.39 is 6.10 Å². The molecule has 0 aromatic carbocycles. The number of quaternary nitrogens is 2. The van der Waals surface area contributed by atoms with E-state index >= 15 is 0 Å². The van der Waals surface area contributed by atoms with Gasteiger partial charge in [-0.15, -0.1) is 0 Å². The molecule has 4 aliphatic rings. The van der Waals surface area contributed by atoms with Gasteiger partial charge in [0.2, 0.25) is 0 Å². The summed E-state index contributed by atoms with van der Waals surface area (Å²) in [5.74, 6) is 0.223. The largest absolute Gasteiger partial charge is 0.461 e. The third-order valence-electron chi connectivity index (χ3n) is 8.24. The Morgan fingerprint density at radius 1 is 1.27 bits per heavy atom. The highest BCUT2D eigenvalue weighted by Crippen LogP contribution is 2.55. The molecule has 26 heavy (non-hydrogen) atoms. The summed E-state index contributed by atoms with van der Waals surface area (Å²) in [6.45, 7) is 13.4. The van der Waals surface area contributed by atoms with Crippen LogP contribution in [0.2, 0.25) is 0 Å². The number of allylic oxidation sites excluding steroid dienone is 1. The number of likely N-dealkylation sites (N-methyl/N-ethyl adjacent to an activating group) is 1. The van der Waals surface area contributed by atoms with Crippen molar-refractivity contribution in [2.45, 2.75) is 52.2 Å². The molecule has 146 valence electrons. The first-order chi connectivity index (χ1) is 12.4. The molecule has 0 bridgehead atoms. The van der Waals surface area contributed by atoms with E-state index in [0.29, 0.717) is 5.92 Å². The van der Waals surface area contributed by atoms with Gasteiger partial charge in [0, 0.05) is 17.8 Å². The number of aliphatic hydroxyl groups is 1. The van der Waals surface area contributed by atoms with E-state index in [1.807, 2.05) is 0 Å². The first kappa shape index (κ1) is 18.5. The Morgan fingerprint density at radius 2 is 1.96 bits per heavy atom. The van der Waals surface area contributed by atoms with Crippen LogP contribution in [0.25, 0.3) is 0 Å². The Labute approximate surface area is 157 Å². The van der Waals surface area contributed by atoms with Crippen LogP contribution in [0.3, 0.4) is 0 Å². The van der Waals surface area contributed by atoms with Crippen molar-refractivity contribution in [3.63, 3.8) is 0 Å². The molecule has 0 unspecified atom stereocenters. The number of hydrogen-bond donors (Lipinski definition) is 3. The zero-order valence-electron chi connectivity index (χ0n) is 16.6. The molecule has 0 aromatic rings. The number of fused-ring (bicyclic) bond motifs is 2. The van der Waals surface area contributed by atoms with Crippen LogP contribution >= 0.6 is 0 Å². The van der Waals surface area contributed by atoms with E-state index in [0.717, 1.165) is 38.9 Å². The SMILES string of the molecule is CC[NH+]1CC[NH+](C[C@@H]2C(=O)O[C@H]3CC4=CCC[C@@H](C)[C@]4(C)[C@H](O)[C@@H]32)CC1. The fourth-order valence-corrected chi connectivity index (χ4v) is 6.12. The first-order valence-electron chi connectivity index (χ1n) is 10.7.